The van der Waals surface area contributed by atoms with Crippen molar-refractivity contribution in [3.63, 3.8) is 0 Å². The summed E-state index contributed by atoms with van der Waals surface area (Å²) in [5, 5.41) is 10.8. The van der Waals surface area contributed by atoms with E-state index in [4.69, 9.17) is 5.14 Å². The van der Waals surface area contributed by atoms with Gasteiger partial charge in [0, 0.05) is 18.5 Å². The Morgan fingerprint density at radius 2 is 1.41 bits per heavy atom. The summed E-state index contributed by atoms with van der Waals surface area (Å²) in [6.45, 7) is 0.333. The van der Waals surface area contributed by atoms with E-state index in [9.17, 15) is 18.0 Å². The number of carbonyl (C=O) groups is 2. The van der Waals surface area contributed by atoms with Crippen LogP contribution in [0.5, 0.6) is 0 Å². The van der Waals surface area contributed by atoms with Crippen LogP contribution in [-0.4, -0.2) is 32.8 Å². The van der Waals surface area contributed by atoms with Crippen LogP contribution in [0.4, 0.5) is 0 Å². The lowest BCUT2D eigenvalue weighted by Crippen LogP contribution is -2.48. The minimum Gasteiger partial charge on any atom is -0.354 e. The molecule has 7 nitrogen and oxygen atoms in total. The lowest BCUT2D eigenvalue weighted by molar-refractivity contribution is -0.122. The Balaban J connectivity index is 1.63. The van der Waals surface area contributed by atoms with E-state index in [1.807, 2.05) is 36.4 Å². The molecule has 0 bridgehead atoms. The number of hydrogen-bond acceptors (Lipinski definition) is 4. The molecular formula is C24H25N3O4S. The van der Waals surface area contributed by atoms with Crippen LogP contribution >= 0.6 is 0 Å². The number of hydrogen-bond donors (Lipinski definition) is 3. The van der Waals surface area contributed by atoms with E-state index < -0.39 is 16.1 Å². The molecule has 32 heavy (non-hydrogen) atoms. The topological polar surface area (TPSA) is 118 Å². The van der Waals surface area contributed by atoms with Gasteiger partial charge in [-0.05, 0) is 41.8 Å². The van der Waals surface area contributed by atoms with Gasteiger partial charge in [-0.3, -0.25) is 9.59 Å². The maximum Gasteiger partial charge on any atom is 0.251 e. The molecule has 0 aromatic heterocycles. The van der Waals surface area contributed by atoms with Gasteiger partial charge >= 0.3 is 0 Å². The summed E-state index contributed by atoms with van der Waals surface area (Å²) in [5.41, 5.74) is 2.26. The number of carbonyl (C=O) groups excluding carboxylic acids is 2. The van der Waals surface area contributed by atoms with Gasteiger partial charge in [-0.2, -0.15) is 0 Å². The number of rotatable bonds is 9. The van der Waals surface area contributed by atoms with Crippen LogP contribution in [0.15, 0.2) is 89.8 Å². The average Bonchev–Trinajstić information content (AvgIpc) is 2.79. The third-order valence-corrected chi connectivity index (χ3v) is 5.83. The Morgan fingerprint density at radius 1 is 0.812 bits per heavy atom. The van der Waals surface area contributed by atoms with Crippen molar-refractivity contribution in [2.24, 2.45) is 5.14 Å². The second-order valence-corrected chi connectivity index (χ2v) is 8.87. The molecule has 0 aliphatic rings. The first kappa shape index (κ1) is 23.2. The van der Waals surface area contributed by atoms with Gasteiger partial charge in [-0.25, -0.2) is 13.6 Å². The second-order valence-electron chi connectivity index (χ2n) is 7.31. The SMILES string of the molecule is NS(=O)(=O)c1ccc(CCNC(=O)C(Cc2ccccc2)NC(=O)c2ccccc2)cc1. The zero-order valence-electron chi connectivity index (χ0n) is 17.4. The summed E-state index contributed by atoms with van der Waals surface area (Å²) >= 11 is 0. The van der Waals surface area contributed by atoms with Gasteiger partial charge in [0.2, 0.25) is 15.9 Å². The summed E-state index contributed by atoms with van der Waals surface area (Å²) in [6, 6.07) is 23.6. The molecule has 0 heterocycles. The quantitative estimate of drug-likeness (QED) is 0.461. The highest BCUT2D eigenvalue weighted by Crippen LogP contribution is 2.09. The van der Waals surface area contributed by atoms with E-state index in [0.717, 1.165) is 11.1 Å². The van der Waals surface area contributed by atoms with Crippen molar-refractivity contribution < 1.29 is 18.0 Å². The Labute approximate surface area is 187 Å². The van der Waals surface area contributed by atoms with Crippen molar-refractivity contribution in [1.29, 1.82) is 0 Å². The van der Waals surface area contributed by atoms with E-state index in [1.54, 1.807) is 36.4 Å². The molecule has 3 rings (SSSR count). The molecule has 3 aromatic carbocycles. The van der Waals surface area contributed by atoms with Crippen molar-refractivity contribution >= 4 is 21.8 Å². The molecule has 0 radical (unpaired) electrons. The second kappa shape index (κ2) is 10.7. The predicted molar refractivity (Wildman–Crippen MR) is 122 cm³/mol. The minimum atomic E-state index is -3.74. The molecule has 0 spiro atoms. The van der Waals surface area contributed by atoms with Crippen LogP contribution in [0.2, 0.25) is 0 Å². The highest BCUT2D eigenvalue weighted by atomic mass is 32.2. The van der Waals surface area contributed by atoms with Crippen molar-refractivity contribution in [3.05, 3.63) is 102 Å². The monoisotopic (exact) mass is 451 g/mol. The van der Waals surface area contributed by atoms with Crippen LogP contribution in [0, 0.1) is 0 Å². The molecule has 0 saturated heterocycles. The number of nitrogens with two attached hydrogens (primary N) is 1. The van der Waals surface area contributed by atoms with Crippen LogP contribution in [0.1, 0.15) is 21.5 Å². The number of nitrogens with one attached hydrogen (secondary N) is 2. The minimum absolute atomic E-state index is 0.0387. The van der Waals surface area contributed by atoms with Crippen LogP contribution in [0.25, 0.3) is 0 Å². The van der Waals surface area contributed by atoms with Crippen molar-refractivity contribution in [2.45, 2.75) is 23.8 Å². The van der Waals surface area contributed by atoms with Gasteiger partial charge in [0.25, 0.3) is 5.91 Å². The maximum atomic E-state index is 12.9. The normalized spacial score (nSPS) is 12.0. The molecule has 166 valence electrons. The third kappa shape index (κ3) is 6.76. The summed E-state index contributed by atoms with van der Waals surface area (Å²) in [5.74, 6) is -0.612. The average molecular weight is 452 g/mol. The fourth-order valence-electron chi connectivity index (χ4n) is 3.19. The largest absolute Gasteiger partial charge is 0.354 e. The molecule has 8 heteroatoms. The molecule has 4 N–H and O–H groups in total. The van der Waals surface area contributed by atoms with Crippen LogP contribution in [0.3, 0.4) is 0 Å². The molecule has 1 unspecified atom stereocenters. The van der Waals surface area contributed by atoms with E-state index in [2.05, 4.69) is 10.6 Å². The van der Waals surface area contributed by atoms with Crippen molar-refractivity contribution in [1.82, 2.24) is 10.6 Å². The summed E-state index contributed by atoms with van der Waals surface area (Å²) in [6.07, 6.45) is 0.857. The number of primary sulfonamides is 1. The lowest BCUT2D eigenvalue weighted by Gasteiger charge is -2.19. The first-order valence-corrected chi connectivity index (χ1v) is 11.7. The fraction of sp³-hybridized carbons (Fsp3) is 0.167. The maximum absolute atomic E-state index is 12.9. The summed E-state index contributed by atoms with van der Waals surface area (Å²) in [4.78, 5) is 25.5. The molecule has 2 amide bonds. The predicted octanol–water partition coefficient (Wildman–Crippen LogP) is 2.03. The Hall–Kier alpha value is -3.49. The van der Waals surface area contributed by atoms with Crippen molar-refractivity contribution in [3.8, 4) is 0 Å². The molecule has 0 fully saturated rings. The molecule has 0 saturated carbocycles. The smallest absolute Gasteiger partial charge is 0.251 e. The Bertz CT molecular complexity index is 1150. The molecule has 1 atom stereocenters. The van der Waals surface area contributed by atoms with Crippen LogP contribution in [-0.2, 0) is 27.7 Å². The van der Waals surface area contributed by atoms with Gasteiger partial charge in [-0.15, -0.1) is 0 Å². The summed E-state index contributed by atoms with van der Waals surface area (Å²) in [7, 11) is -3.74. The van der Waals surface area contributed by atoms with E-state index in [-0.39, 0.29) is 16.7 Å². The fourth-order valence-corrected chi connectivity index (χ4v) is 3.70. The Kier molecular flexibility index (Phi) is 7.75. The number of benzene rings is 3. The van der Waals surface area contributed by atoms with Gasteiger partial charge in [-0.1, -0.05) is 60.7 Å². The number of amides is 2. The highest BCUT2D eigenvalue weighted by Gasteiger charge is 2.21. The highest BCUT2D eigenvalue weighted by molar-refractivity contribution is 7.89. The summed E-state index contributed by atoms with van der Waals surface area (Å²) < 4.78 is 22.7. The third-order valence-electron chi connectivity index (χ3n) is 4.91. The van der Waals surface area contributed by atoms with Gasteiger partial charge in [0.1, 0.15) is 6.04 Å². The van der Waals surface area contributed by atoms with Gasteiger partial charge < -0.3 is 10.6 Å². The molecular weight excluding hydrogens is 426 g/mol. The first-order valence-electron chi connectivity index (χ1n) is 10.1. The van der Waals surface area contributed by atoms with Gasteiger partial charge in [0.05, 0.1) is 4.90 Å². The number of sulfonamides is 1. The lowest BCUT2D eigenvalue weighted by atomic mass is 10.0. The molecule has 0 aliphatic heterocycles. The van der Waals surface area contributed by atoms with Crippen LogP contribution < -0.4 is 15.8 Å². The zero-order valence-corrected chi connectivity index (χ0v) is 18.2. The van der Waals surface area contributed by atoms with Gasteiger partial charge in [0.15, 0.2) is 0 Å². The van der Waals surface area contributed by atoms with E-state index in [0.29, 0.717) is 24.9 Å². The first-order chi connectivity index (χ1) is 15.3. The van der Waals surface area contributed by atoms with Crippen molar-refractivity contribution in [2.75, 3.05) is 6.54 Å². The molecule has 3 aromatic rings. The Morgan fingerprint density at radius 3 is 2.00 bits per heavy atom. The zero-order chi connectivity index (χ0) is 23.0. The standard InChI is InChI=1S/C24H25N3O4S/c25-32(30,31)21-13-11-18(12-14-21)15-16-26-24(29)22(17-19-7-3-1-4-8-19)27-23(28)20-9-5-2-6-10-20/h1-14,22H,15-17H2,(H,26,29)(H,27,28)(H2,25,30,31). The van der Waals surface area contributed by atoms with E-state index in [1.165, 1.54) is 12.1 Å². The molecule has 0 aliphatic carbocycles. The van der Waals surface area contributed by atoms with E-state index >= 15 is 0 Å².